The van der Waals surface area contributed by atoms with Gasteiger partial charge in [0.15, 0.2) is 0 Å². The lowest BCUT2D eigenvalue weighted by Gasteiger charge is -2.25. The second-order valence-corrected chi connectivity index (χ2v) is 5.17. The maximum Gasteiger partial charge on any atom is 0.333 e. The molecular weight excluding hydrogens is 260 g/mol. The van der Waals surface area contributed by atoms with Crippen molar-refractivity contribution in [3.8, 4) is 0 Å². The quantitative estimate of drug-likeness (QED) is 0.530. The normalized spacial score (nSPS) is 21.1. The molecule has 5 nitrogen and oxygen atoms in total. The van der Waals surface area contributed by atoms with Crippen LogP contribution in [0.3, 0.4) is 0 Å². The van der Waals surface area contributed by atoms with Crippen molar-refractivity contribution in [3.05, 3.63) is 12.2 Å². The first-order chi connectivity index (χ1) is 9.43. The highest BCUT2D eigenvalue weighted by Crippen LogP contribution is 2.22. The molecule has 3 atom stereocenters. The van der Waals surface area contributed by atoms with Crippen molar-refractivity contribution in [2.75, 3.05) is 6.61 Å². The first kappa shape index (κ1) is 16.7. The minimum Gasteiger partial charge on any atom is -0.459 e. The Balaban J connectivity index is 2.56. The van der Waals surface area contributed by atoms with Crippen molar-refractivity contribution in [1.82, 2.24) is 0 Å². The van der Waals surface area contributed by atoms with Gasteiger partial charge >= 0.3 is 11.9 Å². The highest BCUT2D eigenvalue weighted by Gasteiger charge is 2.31. The largest absolute Gasteiger partial charge is 0.459 e. The molecule has 0 aromatic carbocycles. The SMILES string of the molecule is C=C(C)C(=O)OC(C)CC(OC(=O)CC)C1CCCO1. The number of ether oxygens (including phenoxy) is 3. The second-order valence-electron chi connectivity index (χ2n) is 5.17. The first-order valence-corrected chi connectivity index (χ1v) is 7.11. The summed E-state index contributed by atoms with van der Waals surface area (Å²) in [6.45, 7) is 9.36. The van der Waals surface area contributed by atoms with Gasteiger partial charge < -0.3 is 14.2 Å². The van der Waals surface area contributed by atoms with Gasteiger partial charge in [-0.25, -0.2) is 4.79 Å². The van der Waals surface area contributed by atoms with Crippen LogP contribution in [0.15, 0.2) is 12.2 Å². The molecule has 3 unspecified atom stereocenters. The summed E-state index contributed by atoms with van der Waals surface area (Å²) in [5.41, 5.74) is 0.357. The van der Waals surface area contributed by atoms with Gasteiger partial charge in [-0.05, 0) is 26.7 Å². The summed E-state index contributed by atoms with van der Waals surface area (Å²) >= 11 is 0. The Hall–Kier alpha value is -1.36. The van der Waals surface area contributed by atoms with E-state index >= 15 is 0 Å². The molecule has 114 valence electrons. The van der Waals surface area contributed by atoms with Gasteiger partial charge in [0.2, 0.25) is 0 Å². The standard InChI is InChI=1S/C15H24O5/c1-5-14(16)20-13(12-7-6-8-18-12)9-11(4)19-15(17)10(2)3/h11-13H,2,5-9H2,1,3-4H3. The topological polar surface area (TPSA) is 61.8 Å². The number of hydrogen-bond acceptors (Lipinski definition) is 5. The Bertz CT molecular complexity index is 357. The van der Waals surface area contributed by atoms with Crippen molar-refractivity contribution in [3.63, 3.8) is 0 Å². The molecule has 0 spiro atoms. The smallest absolute Gasteiger partial charge is 0.333 e. The van der Waals surface area contributed by atoms with Crippen LogP contribution < -0.4 is 0 Å². The Kier molecular flexibility index (Phi) is 6.71. The van der Waals surface area contributed by atoms with E-state index < -0.39 is 5.97 Å². The molecule has 0 radical (unpaired) electrons. The Morgan fingerprint density at radius 1 is 1.40 bits per heavy atom. The van der Waals surface area contributed by atoms with Gasteiger partial charge in [-0.2, -0.15) is 0 Å². The van der Waals surface area contributed by atoms with E-state index in [9.17, 15) is 9.59 Å². The predicted molar refractivity (Wildman–Crippen MR) is 74.1 cm³/mol. The third-order valence-corrected chi connectivity index (χ3v) is 3.17. The molecule has 0 amide bonds. The van der Waals surface area contributed by atoms with Gasteiger partial charge in [-0.3, -0.25) is 4.79 Å². The lowest BCUT2D eigenvalue weighted by Crippen LogP contribution is -2.34. The molecule has 1 aliphatic rings. The van der Waals surface area contributed by atoms with Gasteiger partial charge in [0, 0.05) is 25.0 Å². The summed E-state index contributed by atoms with van der Waals surface area (Å²) in [6, 6.07) is 0. The van der Waals surface area contributed by atoms with Gasteiger partial charge in [-0.1, -0.05) is 13.5 Å². The lowest BCUT2D eigenvalue weighted by molar-refractivity contribution is -0.159. The summed E-state index contributed by atoms with van der Waals surface area (Å²) in [6.07, 6.45) is 1.78. The maximum atomic E-state index is 11.5. The van der Waals surface area contributed by atoms with Gasteiger partial charge in [0.25, 0.3) is 0 Å². The van der Waals surface area contributed by atoms with Crippen LogP contribution in [-0.2, 0) is 23.8 Å². The highest BCUT2D eigenvalue weighted by atomic mass is 16.6. The fraction of sp³-hybridized carbons (Fsp3) is 0.733. The monoisotopic (exact) mass is 284 g/mol. The molecule has 1 heterocycles. The van der Waals surface area contributed by atoms with Crippen molar-refractivity contribution >= 4 is 11.9 Å². The summed E-state index contributed by atoms with van der Waals surface area (Å²) in [4.78, 5) is 23.0. The molecular formula is C15H24O5. The van der Waals surface area contributed by atoms with Crippen LogP contribution in [0, 0.1) is 0 Å². The molecule has 5 heteroatoms. The summed E-state index contributed by atoms with van der Waals surface area (Å²) in [5, 5.41) is 0. The average Bonchev–Trinajstić information content (AvgIpc) is 2.91. The molecule has 0 aromatic rings. The fourth-order valence-electron chi connectivity index (χ4n) is 2.08. The molecule has 0 aliphatic carbocycles. The fourth-order valence-corrected chi connectivity index (χ4v) is 2.08. The van der Waals surface area contributed by atoms with Crippen molar-refractivity contribution in [1.29, 1.82) is 0 Å². The van der Waals surface area contributed by atoms with E-state index in [4.69, 9.17) is 14.2 Å². The van der Waals surface area contributed by atoms with Crippen LogP contribution in [0.1, 0.15) is 46.5 Å². The van der Waals surface area contributed by atoms with Crippen LogP contribution in [-0.4, -0.2) is 36.9 Å². The molecule has 1 rings (SSSR count). The molecule has 0 N–H and O–H groups in total. The number of esters is 2. The average molecular weight is 284 g/mol. The van der Waals surface area contributed by atoms with Crippen LogP contribution in [0.5, 0.6) is 0 Å². The van der Waals surface area contributed by atoms with Crippen LogP contribution in [0.25, 0.3) is 0 Å². The number of rotatable bonds is 7. The van der Waals surface area contributed by atoms with Gasteiger partial charge in [0.1, 0.15) is 12.2 Å². The van der Waals surface area contributed by atoms with E-state index in [0.29, 0.717) is 25.0 Å². The summed E-state index contributed by atoms with van der Waals surface area (Å²) < 4.78 is 16.2. The highest BCUT2D eigenvalue weighted by molar-refractivity contribution is 5.87. The zero-order valence-electron chi connectivity index (χ0n) is 12.5. The van der Waals surface area contributed by atoms with Gasteiger partial charge in [-0.15, -0.1) is 0 Å². The zero-order valence-corrected chi connectivity index (χ0v) is 12.5. The molecule has 1 fully saturated rings. The third kappa shape index (κ3) is 5.33. The maximum absolute atomic E-state index is 11.5. The second kappa shape index (κ2) is 8.04. The van der Waals surface area contributed by atoms with Crippen molar-refractivity contribution in [2.24, 2.45) is 0 Å². The number of carbonyl (C=O) groups is 2. The van der Waals surface area contributed by atoms with E-state index in [1.807, 2.05) is 0 Å². The first-order valence-electron chi connectivity index (χ1n) is 7.11. The van der Waals surface area contributed by atoms with Gasteiger partial charge in [0.05, 0.1) is 6.10 Å². The van der Waals surface area contributed by atoms with Crippen LogP contribution >= 0.6 is 0 Å². The summed E-state index contributed by atoms with van der Waals surface area (Å²) in [5.74, 6) is -0.686. The number of carbonyl (C=O) groups excluding carboxylic acids is 2. The molecule has 20 heavy (non-hydrogen) atoms. The zero-order chi connectivity index (χ0) is 15.1. The van der Waals surface area contributed by atoms with Crippen molar-refractivity contribution in [2.45, 2.75) is 64.8 Å². The molecule has 0 bridgehead atoms. The Morgan fingerprint density at radius 3 is 2.60 bits per heavy atom. The van der Waals surface area contributed by atoms with Crippen LogP contribution in [0.2, 0.25) is 0 Å². The minimum atomic E-state index is -0.426. The Labute approximate surface area is 120 Å². The molecule has 1 saturated heterocycles. The van der Waals surface area contributed by atoms with E-state index in [-0.39, 0.29) is 24.3 Å². The van der Waals surface area contributed by atoms with Crippen molar-refractivity contribution < 1.29 is 23.8 Å². The molecule has 0 saturated carbocycles. The summed E-state index contributed by atoms with van der Waals surface area (Å²) in [7, 11) is 0. The number of hydrogen-bond donors (Lipinski definition) is 0. The lowest BCUT2D eigenvalue weighted by atomic mass is 10.0. The van der Waals surface area contributed by atoms with Crippen LogP contribution in [0.4, 0.5) is 0 Å². The predicted octanol–water partition coefficient (Wildman–Crippen LogP) is 2.39. The van der Waals surface area contributed by atoms with E-state index in [2.05, 4.69) is 6.58 Å². The Morgan fingerprint density at radius 2 is 2.10 bits per heavy atom. The van der Waals surface area contributed by atoms with E-state index in [0.717, 1.165) is 12.8 Å². The minimum absolute atomic E-state index is 0.100. The third-order valence-electron chi connectivity index (χ3n) is 3.17. The molecule has 1 aliphatic heterocycles. The van der Waals surface area contributed by atoms with E-state index in [1.165, 1.54) is 0 Å². The van der Waals surface area contributed by atoms with E-state index in [1.54, 1.807) is 20.8 Å². The molecule has 0 aromatic heterocycles.